The van der Waals surface area contributed by atoms with Gasteiger partial charge in [0.25, 0.3) is 0 Å². The topological polar surface area (TPSA) is 57.8 Å². The fourth-order valence-electron chi connectivity index (χ4n) is 2.05. The molecule has 1 amide bonds. The van der Waals surface area contributed by atoms with Crippen molar-refractivity contribution in [2.45, 2.75) is 19.8 Å². The molecule has 1 aromatic carbocycles. The summed E-state index contributed by atoms with van der Waals surface area (Å²) in [6, 6.07) is 3.93. The summed E-state index contributed by atoms with van der Waals surface area (Å²) in [5.74, 6) is 0.898. The van der Waals surface area contributed by atoms with Gasteiger partial charge in [0.15, 0.2) is 0 Å². The van der Waals surface area contributed by atoms with Gasteiger partial charge in [0, 0.05) is 5.69 Å². The molecule has 0 bridgehead atoms. The average molecular weight is 201 g/mol. The molecule has 0 aliphatic carbocycles. The maximum Gasteiger partial charge on any atom is 0.231 e. The van der Waals surface area contributed by atoms with Crippen molar-refractivity contribution in [3.63, 3.8) is 0 Å². The van der Waals surface area contributed by atoms with Gasteiger partial charge in [0.1, 0.15) is 5.82 Å². The maximum absolute atomic E-state index is 11.5. The summed E-state index contributed by atoms with van der Waals surface area (Å²) < 4.78 is 0. The van der Waals surface area contributed by atoms with Crippen LogP contribution in [0, 0.1) is 6.92 Å². The van der Waals surface area contributed by atoms with Crippen molar-refractivity contribution >= 4 is 22.6 Å². The highest BCUT2D eigenvalue weighted by Crippen LogP contribution is 2.34. The van der Waals surface area contributed by atoms with E-state index in [9.17, 15) is 4.79 Å². The van der Waals surface area contributed by atoms with Gasteiger partial charge in [0.2, 0.25) is 5.91 Å². The number of anilines is 1. The fraction of sp³-hybridized carbons (Fsp3) is 0.273. The molecule has 2 aromatic rings. The zero-order chi connectivity index (χ0) is 10.6. The number of nitrogens with zero attached hydrogens (tertiary/aromatic N) is 1. The Hall–Kier alpha value is -1.84. The summed E-state index contributed by atoms with van der Waals surface area (Å²) in [6.07, 6.45) is 0. The Bertz CT molecular complexity index is 570. The third kappa shape index (κ3) is 1.08. The lowest BCUT2D eigenvalue weighted by Crippen LogP contribution is -2.08. The van der Waals surface area contributed by atoms with Crippen LogP contribution in [0.1, 0.15) is 24.2 Å². The van der Waals surface area contributed by atoms with E-state index in [1.165, 1.54) is 0 Å². The second-order valence-electron chi connectivity index (χ2n) is 3.99. The number of hydrogen-bond acceptors (Lipinski definition) is 2. The smallest absolute Gasteiger partial charge is 0.231 e. The Morgan fingerprint density at radius 2 is 2.20 bits per heavy atom. The maximum atomic E-state index is 11.5. The molecule has 15 heavy (non-hydrogen) atoms. The quantitative estimate of drug-likeness (QED) is 0.684. The van der Waals surface area contributed by atoms with Crippen LogP contribution in [0.15, 0.2) is 12.1 Å². The predicted molar refractivity (Wildman–Crippen MR) is 57.9 cm³/mol. The zero-order valence-corrected chi connectivity index (χ0v) is 8.59. The molecule has 0 spiro atoms. The molecule has 1 aliphatic heterocycles. The normalized spacial score (nSPS) is 19.3. The van der Waals surface area contributed by atoms with E-state index in [-0.39, 0.29) is 11.8 Å². The Balaban J connectivity index is 2.30. The molecule has 76 valence electrons. The van der Waals surface area contributed by atoms with Crippen LogP contribution in [-0.4, -0.2) is 15.9 Å². The van der Waals surface area contributed by atoms with E-state index < -0.39 is 0 Å². The number of imidazole rings is 1. The van der Waals surface area contributed by atoms with Crippen molar-refractivity contribution in [2.24, 2.45) is 0 Å². The van der Waals surface area contributed by atoms with Crippen LogP contribution in [0.25, 0.3) is 11.0 Å². The molecule has 1 aliphatic rings. The molecule has 1 atom stereocenters. The number of aromatic amines is 1. The Morgan fingerprint density at radius 1 is 1.40 bits per heavy atom. The molecular formula is C11H11N3O. The van der Waals surface area contributed by atoms with Crippen LogP contribution < -0.4 is 5.32 Å². The number of rotatable bonds is 0. The average Bonchev–Trinajstić information content (AvgIpc) is 2.65. The third-order valence-corrected chi connectivity index (χ3v) is 2.89. The van der Waals surface area contributed by atoms with Crippen molar-refractivity contribution in [2.75, 3.05) is 5.32 Å². The van der Waals surface area contributed by atoms with Crippen LogP contribution in [0.5, 0.6) is 0 Å². The largest absolute Gasteiger partial charge is 0.342 e. The van der Waals surface area contributed by atoms with Crippen LogP contribution in [0.2, 0.25) is 0 Å². The summed E-state index contributed by atoms with van der Waals surface area (Å²) in [5, 5.41) is 2.86. The van der Waals surface area contributed by atoms with E-state index in [4.69, 9.17) is 0 Å². The zero-order valence-electron chi connectivity index (χ0n) is 8.59. The van der Waals surface area contributed by atoms with Gasteiger partial charge in [-0.15, -0.1) is 0 Å². The van der Waals surface area contributed by atoms with Crippen LogP contribution in [-0.2, 0) is 4.79 Å². The Morgan fingerprint density at radius 3 is 3.00 bits per heavy atom. The molecule has 2 heterocycles. The van der Waals surface area contributed by atoms with Crippen molar-refractivity contribution < 1.29 is 4.79 Å². The predicted octanol–water partition coefficient (Wildman–Crippen LogP) is 1.93. The molecule has 4 nitrogen and oxygen atoms in total. The number of benzene rings is 1. The lowest BCUT2D eigenvalue weighted by Gasteiger charge is -1.99. The first-order valence-electron chi connectivity index (χ1n) is 4.96. The lowest BCUT2D eigenvalue weighted by atomic mass is 10.0. The number of fused-ring (bicyclic) bond motifs is 2. The van der Waals surface area contributed by atoms with E-state index in [1.807, 2.05) is 26.0 Å². The number of aryl methyl sites for hydroxylation is 1. The third-order valence-electron chi connectivity index (χ3n) is 2.89. The van der Waals surface area contributed by atoms with Crippen LogP contribution in [0.3, 0.4) is 0 Å². The first-order valence-corrected chi connectivity index (χ1v) is 4.96. The number of H-pyrrole nitrogens is 1. The standard InChI is InChI=1S/C11H11N3O/c1-5-7-3-9-10(13-6(2)12-9)4-8(7)14-11(5)15/h3-5H,1-2H3,(H,12,13)(H,14,15). The molecule has 1 aromatic heterocycles. The monoisotopic (exact) mass is 201 g/mol. The minimum Gasteiger partial charge on any atom is -0.342 e. The molecule has 0 saturated carbocycles. The molecule has 4 heteroatoms. The number of carbonyl (C=O) groups is 1. The van der Waals surface area contributed by atoms with E-state index >= 15 is 0 Å². The van der Waals surface area contributed by atoms with E-state index in [0.717, 1.165) is 28.1 Å². The molecule has 0 fully saturated rings. The Kier molecular flexibility index (Phi) is 1.46. The van der Waals surface area contributed by atoms with Gasteiger partial charge in [-0.3, -0.25) is 4.79 Å². The first-order chi connectivity index (χ1) is 7.15. The highest BCUT2D eigenvalue weighted by molar-refractivity contribution is 6.04. The second-order valence-corrected chi connectivity index (χ2v) is 3.99. The van der Waals surface area contributed by atoms with E-state index in [2.05, 4.69) is 15.3 Å². The van der Waals surface area contributed by atoms with Gasteiger partial charge in [-0.05, 0) is 31.5 Å². The molecule has 0 saturated heterocycles. The summed E-state index contributed by atoms with van der Waals surface area (Å²) in [4.78, 5) is 19.0. The van der Waals surface area contributed by atoms with Crippen LogP contribution >= 0.6 is 0 Å². The van der Waals surface area contributed by atoms with Gasteiger partial charge < -0.3 is 10.3 Å². The minimum atomic E-state index is -0.0620. The molecule has 2 N–H and O–H groups in total. The van der Waals surface area contributed by atoms with Gasteiger partial charge in [0.05, 0.1) is 17.0 Å². The first kappa shape index (κ1) is 8.47. The van der Waals surface area contributed by atoms with Gasteiger partial charge in [-0.1, -0.05) is 0 Å². The molecule has 1 unspecified atom stereocenters. The van der Waals surface area contributed by atoms with Gasteiger partial charge >= 0.3 is 0 Å². The summed E-state index contributed by atoms with van der Waals surface area (Å²) in [5.41, 5.74) is 3.85. The van der Waals surface area contributed by atoms with Crippen molar-refractivity contribution in [3.05, 3.63) is 23.5 Å². The Labute approximate surface area is 86.7 Å². The van der Waals surface area contributed by atoms with E-state index in [0.29, 0.717) is 0 Å². The number of aromatic nitrogens is 2. The minimum absolute atomic E-state index is 0.0620. The van der Waals surface area contributed by atoms with E-state index in [1.54, 1.807) is 0 Å². The van der Waals surface area contributed by atoms with Crippen molar-refractivity contribution in [1.29, 1.82) is 0 Å². The summed E-state index contributed by atoms with van der Waals surface area (Å²) >= 11 is 0. The van der Waals surface area contributed by atoms with Crippen molar-refractivity contribution in [1.82, 2.24) is 9.97 Å². The SMILES string of the molecule is Cc1nc2cc3c(cc2[nH]1)C(C)C(=O)N3. The highest BCUT2D eigenvalue weighted by Gasteiger charge is 2.27. The molecule has 3 rings (SSSR count). The fourth-order valence-corrected chi connectivity index (χ4v) is 2.05. The number of nitrogens with one attached hydrogen (secondary N) is 2. The molecular weight excluding hydrogens is 190 g/mol. The summed E-state index contributed by atoms with van der Waals surface area (Å²) in [7, 11) is 0. The molecule has 0 radical (unpaired) electrons. The number of amides is 1. The van der Waals surface area contributed by atoms with Gasteiger partial charge in [-0.2, -0.15) is 0 Å². The lowest BCUT2D eigenvalue weighted by molar-refractivity contribution is -0.116. The van der Waals surface area contributed by atoms with Crippen LogP contribution in [0.4, 0.5) is 5.69 Å². The summed E-state index contributed by atoms with van der Waals surface area (Å²) in [6.45, 7) is 3.84. The van der Waals surface area contributed by atoms with Gasteiger partial charge in [-0.25, -0.2) is 4.98 Å². The second kappa shape index (κ2) is 2.59. The number of carbonyl (C=O) groups excluding carboxylic acids is 1. The number of hydrogen-bond donors (Lipinski definition) is 2. The van der Waals surface area contributed by atoms with Crippen molar-refractivity contribution in [3.8, 4) is 0 Å². The highest BCUT2D eigenvalue weighted by atomic mass is 16.2.